The standard InChI is InChI=1S/C11H18FNO6/c1-5-9(12)8(4-16-6(2)14)18-11(19-13)10(5)17-7(3)15/h5,8-11H,4,13H2,1-3H3/t5-,8+,9+,10+,11-/m0/s1. The van der Waals surface area contributed by atoms with Crippen molar-refractivity contribution in [3.05, 3.63) is 0 Å². The molecule has 110 valence electrons. The average molecular weight is 279 g/mol. The summed E-state index contributed by atoms with van der Waals surface area (Å²) in [5.74, 6) is 3.21. The quantitative estimate of drug-likeness (QED) is 0.574. The summed E-state index contributed by atoms with van der Waals surface area (Å²) in [7, 11) is 0. The maximum atomic E-state index is 14.1. The van der Waals surface area contributed by atoms with Crippen LogP contribution in [0, 0.1) is 5.92 Å². The van der Waals surface area contributed by atoms with Crippen molar-refractivity contribution in [1.82, 2.24) is 0 Å². The number of hydrogen-bond acceptors (Lipinski definition) is 7. The lowest BCUT2D eigenvalue weighted by Crippen LogP contribution is -2.55. The topological polar surface area (TPSA) is 97.1 Å². The number of carbonyl (C=O) groups is 2. The smallest absolute Gasteiger partial charge is 0.303 e. The summed E-state index contributed by atoms with van der Waals surface area (Å²) in [6.07, 6.45) is -4.55. The Morgan fingerprint density at radius 2 is 1.95 bits per heavy atom. The number of carbonyl (C=O) groups excluding carboxylic acids is 2. The van der Waals surface area contributed by atoms with Crippen LogP contribution in [0.5, 0.6) is 0 Å². The van der Waals surface area contributed by atoms with E-state index < -0.39 is 42.5 Å². The highest BCUT2D eigenvalue weighted by Crippen LogP contribution is 2.30. The molecule has 0 saturated carbocycles. The molecular weight excluding hydrogens is 261 g/mol. The molecule has 0 amide bonds. The normalized spacial score (nSPS) is 34.7. The highest BCUT2D eigenvalue weighted by molar-refractivity contribution is 5.66. The Kier molecular flexibility index (Phi) is 5.64. The Balaban J connectivity index is 2.72. The molecule has 0 unspecified atom stereocenters. The van der Waals surface area contributed by atoms with E-state index >= 15 is 0 Å². The predicted octanol–water partition coefficient (Wildman–Crippen LogP) is 0.0706. The van der Waals surface area contributed by atoms with Gasteiger partial charge >= 0.3 is 11.9 Å². The summed E-state index contributed by atoms with van der Waals surface area (Å²) in [6, 6.07) is 0. The summed E-state index contributed by atoms with van der Waals surface area (Å²) in [5, 5.41) is 0. The summed E-state index contributed by atoms with van der Waals surface area (Å²) < 4.78 is 28.9. The maximum Gasteiger partial charge on any atom is 0.303 e. The molecule has 0 aromatic carbocycles. The van der Waals surface area contributed by atoms with Gasteiger partial charge in [0.15, 0.2) is 6.10 Å². The van der Waals surface area contributed by atoms with Crippen LogP contribution in [0.3, 0.4) is 0 Å². The van der Waals surface area contributed by atoms with Crippen molar-refractivity contribution in [2.45, 2.75) is 45.4 Å². The Labute approximate surface area is 110 Å². The third-order valence-corrected chi connectivity index (χ3v) is 2.84. The third kappa shape index (κ3) is 4.12. The van der Waals surface area contributed by atoms with Gasteiger partial charge in [-0.3, -0.25) is 14.4 Å². The molecule has 7 nitrogen and oxygen atoms in total. The van der Waals surface area contributed by atoms with Gasteiger partial charge in [0, 0.05) is 19.8 Å². The van der Waals surface area contributed by atoms with Gasteiger partial charge in [0.1, 0.15) is 18.9 Å². The van der Waals surface area contributed by atoms with Gasteiger partial charge < -0.3 is 14.2 Å². The molecule has 0 aromatic heterocycles. The molecule has 0 aromatic rings. The minimum Gasteiger partial charge on any atom is -0.463 e. The van der Waals surface area contributed by atoms with Crippen LogP contribution in [-0.4, -0.2) is 43.2 Å². The van der Waals surface area contributed by atoms with Crippen LogP contribution in [0.25, 0.3) is 0 Å². The SMILES string of the molecule is CC(=O)OC[C@H]1O[C@@H](ON)[C@H](OC(C)=O)[C@@H](C)[C@H]1F. The number of alkyl halides is 1. The van der Waals surface area contributed by atoms with Gasteiger partial charge in [-0.05, 0) is 0 Å². The van der Waals surface area contributed by atoms with Crippen molar-refractivity contribution >= 4 is 11.9 Å². The fourth-order valence-corrected chi connectivity index (χ4v) is 1.89. The van der Waals surface area contributed by atoms with E-state index in [0.717, 1.165) is 0 Å². The molecule has 0 bridgehead atoms. The number of ether oxygens (including phenoxy) is 3. The molecule has 19 heavy (non-hydrogen) atoms. The first kappa shape index (κ1) is 15.8. The lowest BCUT2D eigenvalue weighted by molar-refractivity contribution is -0.284. The first-order chi connectivity index (χ1) is 8.86. The molecule has 1 fully saturated rings. The zero-order chi connectivity index (χ0) is 14.6. The van der Waals surface area contributed by atoms with E-state index in [-0.39, 0.29) is 6.61 Å². The lowest BCUT2D eigenvalue weighted by Gasteiger charge is -2.40. The van der Waals surface area contributed by atoms with Crippen LogP contribution in [0.15, 0.2) is 0 Å². The molecule has 0 aliphatic carbocycles. The molecule has 5 atom stereocenters. The van der Waals surface area contributed by atoms with Crippen LogP contribution in [0.4, 0.5) is 4.39 Å². The van der Waals surface area contributed by atoms with Gasteiger partial charge in [-0.2, -0.15) is 0 Å². The first-order valence-corrected chi connectivity index (χ1v) is 5.82. The van der Waals surface area contributed by atoms with Crippen LogP contribution in [0.2, 0.25) is 0 Å². The van der Waals surface area contributed by atoms with Gasteiger partial charge in [-0.25, -0.2) is 10.3 Å². The van der Waals surface area contributed by atoms with Gasteiger partial charge in [-0.15, -0.1) is 0 Å². The van der Waals surface area contributed by atoms with Crippen molar-refractivity contribution in [3.8, 4) is 0 Å². The minimum atomic E-state index is -1.48. The van der Waals surface area contributed by atoms with Crippen molar-refractivity contribution in [1.29, 1.82) is 0 Å². The third-order valence-electron chi connectivity index (χ3n) is 2.84. The summed E-state index contributed by atoms with van der Waals surface area (Å²) in [4.78, 5) is 26.2. The molecule has 0 spiro atoms. The molecule has 0 radical (unpaired) electrons. The lowest BCUT2D eigenvalue weighted by atomic mass is 9.92. The zero-order valence-corrected chi connectivity index (χ0v) is 11.0. The summed E-state index contributed by atoms with van der Waals surface area (Å²) >= 11 is 0. The second-order valence-electron chi connectivity index (χ2n) is 4.36. The van der Waals surface area contributed by atoms with Gasteiger partial charge in [0.2, 0.25) is 6.29 Å². The van der Waals surface area contributed by atoms with E-state index in [9.17, 15) is 14.0 Å². The Morgan fingerprint density at radius 3 is 2.42 bits per heavy atom. The van der Waals surface area contributed by atoms with Crippen molar-refractivity contribution in [2.75, 3.05) is 6.61 Å². The fourth-order valence-electron chi connectivity index (χ4n) is 1.89. The van der Waals surface area contributed by atoms with E-state index in [1.54, 1.807) is 0 Å². The zero-order valence-electron chi connectivity index (χ0n) is 11.0. The van der Waals surface area contributed by atoms with Crippen LogP contribution in [0.1, 0.15) is 20.8 Å². The van der Waals surface area contributed by atoms with E-state index in [1.165, 1.54) is 20.8 Å². The molecule has 2 N–H and O–H groups in total. The molecule has 1 saturated heterocycles. The van der Waals surface area contributed by atoms with E-state index in [2.05, 4.69) is 4.84 Å². The fraction of sp³-hybridized carbons (Fsp3) is 0.818. The largest absolute Gasteiger partial charge is 0.463 e. The number of halogens is 1. The van der Waals surface area contributed by atoms with Crippen LogP contribution < -0.4 is 5.90 Å². The number of esters is 2. The number of hydrogen-bond donors (Lipinski definition) is 1. The van der Waals surface area contributed by atoms with Crippen molar-refractivity contribution in [3.63, 3.8) is 0 Å². The van der Waals surface area contributed by atoms with Crippen molar-refractivity contribution in [2.24, 2.45) is 11.8 Å². The van der Waals surface area contributed by atoms with Gasteiger partial charge in [-0.1, -0.05) is 6.92 Å². The number of nitrogens with two attached hydrogens (primary N) is 1. The van der Waals surface area contributed by atoms with E-state index in [0.29, 0.717) is 0 Å². The molecular formula is C11H18FNO6. The van der Waals surface area contributed by atoms with Gasteiger partial charge in [0.05, 0.1) is 0 Å². The predicted molar refractivity (Wildman–Crippen MR) is 60.2 cm³/mol. The average Bonchev–Trinajstić information content (AvgIpc) is 2.33. The monoisotopic (exact) mass is 279 g/mol. The van der Waals surface area contributed by atoms with Gasteiger partial charge in [0.25, 0.3) is 0 Å². The molecule has 1 aliphatic heterocycles. The highest BCUT2D eigenvalue weighted by Gasteiger charge is 2.47. The first-order valence-electron chi connectivity index (χ1n) is 5.82. The molecule has 8 heteroatoms. The highest BCUT2D eigenvalue weighted by atomic mass is 19.1. The Hall–Kier alpha value is -1.25. The number of rotatable bonds is 4. The summed E-state index contributed by atoms with van der Waals surface area (Å²) in [5.41, 5.74) is 0. The second-order valence-corrected chi connectivity index (χ2v) is 4.36. The molecule has 1 rings (SSSR count). The second kappa shape index (κ2) is 6.78. The Morgan fingerprint density at radius 1 is 1.32 bits per heavy atom. The van der Waals surface area contributed by atoms with Crippen molar-refractivity contribution < 1.29 is 33.0 Å². The van der Waals surface area contributed by atoms with E-state index in [1.807, 2.05) is 0 Å². The molecule has 1 heterocycles. The maximum absolute atomic E-state index is 14.1. The van der Waals surface area contributed by atoms with Crippen LogP contribution >= 0.6 is 0 Å². The summed E-state index contributed by atoms with van der Waals surface area (Å²) in [6.45, 7) is 3.68. The van der Waals surface area contributed by atoms with Crippen LogP contribution in [-0.2, 0) is 28.6 Å². The molecule has 1 aliphatic rings. The Bertz CT molecular complexity index is 335. The van der Waals surface area contributed by atoms with E-state index in [4.69, 9.17) is 20.1 Å². The minimum absolute atomic E-state index is 0.256.